The molecule has 142 valence electrons. The van der Waals surface area contributed by atoms with E-state index in [0.717, 1.165) is 0 Å². The van der Waals surface area contributed by atoms with Crippen LogP contribution in [-0.2, 0) is 16.1 Å². The molecule has 0 bridgehead atoms. The van der Waals surface area contributed by atoms with E-state index in [0.29, 0.717) is 27.5 Å². The molecule has 1 atom stereocenters. The monoisotopic (exact) mass is 408 g/mol. The minimum atomic E-state index is -0.730. The van der Waals surface area contributed by atoms with Gasteiger partial charge in [0, 0.05) is 11.8 Å². The van der Waals surface area contributed by atoms with E-state index in [1.807, 2.05) is 0 Å². The maximum absolute atomic E-state index is 12.8. The average Bonchev–Trinajstić information content (AvgIpc) is 2.91. The highest BCUT2D eigenvalue weighted by Crippen LogP contribution is 2.31. The van der Waals surface area contributed by atoms with E-state index in [9.17, 15) is 9.59 Å². The molecule has 0 aromatic carbocycles. The Morgan fingerprint density at radius 1 is 1.26 bits per heavy atom. The van der Waals surface area contributed by atoms with Crippen LogP contribution >= 0.6 is 23.2 Å². The first-order valence-electron chi connectivity index (χ1n) is 8.28. The lowest BCUT2D eigenvalue weighted by atomic mass is 10.1. The predicted molar refractivity (Wildman–Crippen MR) is 100 cm³/mol. The number of hydrogen-bond acceptors (Lipinski definition) is 6. The van der Waals surface area contributed by atoms with Gasteiger partial charge in [-0.1, -0.05) is 11.6 Å². The molecule has 27 heavy (non-hydrogen) atoms. The molecule has 1 unspecified atom stereocenters. The third kappa shape index (κ3) is 4.04. The number of fused-ring (bicyclic) bond motifs is 1. The fraction of sp³-hybridized carbons (Fsp3) is 0.389. The highest BCUT2D eigenvalue weighted by Gasteiger charge is 2.37. The number of esters is 1. The largest absolute Gasteiger partial charge is 0.458 e. The van der Waals surface area contributed by atoms with Gasteiger partial charge in [-0.25, -0.2) is 14.8 Å². The molecule has 0 N–H and O–H groups in total. The van der Waals surface area contributed by atoms with E-state index < -0.39 is 17.6 Å². The van der Waals surface area contributed by atoms with Gasteiger partial charge in [0.25, 0.3) is 5.91 Å². The number of carbonyl (C=O) groups excluding carboxylic acids is 2. The molecule has 0 saturated carbocycles. The SMILES string of the molecule is CC(C(=O)OC(C)(C)C)N1Cc2ncc(-c3nc(Cl)ncc3Cl)cc2C1=O. The molecule has 7 nitrogen and oxygen atoms in total. The molecule has 1 aliphatic rings. The molecule has 0 fully saturated rings. The van der Waals surface area contributed by atoms with Gasteiger partial charge >= 0.3 is 5.97 Å². The quantitative estimate of drug-likeness (QED) is 0.570. The van der Waals surface area contributed by atoms with Gasteiger partial charge in [0.1, 0.15) is 11.6 Å². The van der Waals surface area contributed by atoms with Crippen molar-refractivity contribution in [2.24, 2.45) is 0 Å². The molecule has 1 aliphatic heterocycles. The maximum atomic E-state index is 12.8. The van der Waals surface area contributed by atoms with Crippen LogP contribution in [0.3, 0.4) is 0 Å². The van der Waals surface area contributed by atoms with Crippen LogP contribution in [0, 0.1) is 0 Å². The molecule has 2 aromatic rings. The lowest BCUT2D eigenvalue weighted by Gasteiger charge is -2.27. The predicted octanol–water partition coefficient (Wildman–Crippen LogP) is 3.53. The Morgan fingerprint density at radius 2 is 1.96 bits per heavy atom. The summed E-state index contributed by atoms with van der Waals surface area (Å²) in [4.78, 5) is 38.8. The minimum absolute atomic E-state index is 0.0430. The second-order valence-corrected chi connectivity index (χ2v) is 7.94. The van der Waals surface area contributed by atoms with Crippen molar-refractivity contribution in [3.63, 3.8) is 0 Å². The van der Waals surface area contributed by atoms with E-state index in [1.54, 1.807) is 40.0 Å². The van der Waals surface area contributed by atoms with Crippen molar-refractivity contribution in [2.75, 3.05) is 0 Å². The van der Waals surface area contributed by atoms with E-state index >= 15 is 0 Å². The van der Waals surface area contributed by atoms with Crippen molar-refractivity contribution in [1.82, 2.24) is 19.9 Å². The molecule has 0 spiro atoms. The molecule has 0 saturated heterocycles. The normalized spacial score (nSPS) is 14.9. The summed E-state index contributed by atoms with van der Waals surface area (Å²) in [5.74, 6) is -0.761. The van der Waals surface area contributed by atoms with Crippen LogP contribution in [0.5, 0.6) is 0 Å². The van der Waals surface area contributed by atoms with Crippen molar-refractivity contribution in [1.29, 1.82) is 0 Å². The average molecular weight is 409 g/mol. The van der Waals surface area contributed by atoms with Crippen molar-refractivity contribution >= 4 is 35.1 Å². The number of hydrogen-bond donors (Lipinski definition) is 0. The van der Waals surface area contributed by atoms with E-state index in [2.05, 4.69) is 15.0 Å². The highest BCUT2D eigenvalue weighted by atomic mass is 35.5. The third-order valence-electron chi connectivity index (χ3n) is 3.99. The molecule has 0 radical (unpaired) electrons. The van der Waals surface area contributed by atoms with Gasteiger partial charge in [0.2, 0.25) is 5.28 Å². The van der Waals surface area contributed by atoms with E-state index in [1.165, 1.54) is 11.1 Å². The zero-order valence-corrected chi connectivity index (χ0v) is 16.8. The van der Waals surface area contributed by atoms with Crippen LogP contribution in [0.4, 0.5) is 0 Å². The number of ether oxygens (including phenoxy) is 1. The summed E-state index contributed by atoms with van der Waals surface area (Å²) >= 11 is 12.0. The maximum Gasteiger partial charge on any atom is 0.329 e. The second kappa shape index (κ2) is 7.05. The fourth-order valence-corrected chi connectivity index (χ4v) is 3.03. The van der Waals surface area contributed by atoms with Crippen LogP contribution in [0.2, 0.25) is 10.3 Å². The van der Waals surface area contributed by atoms with Gasteiger partial charge in [0.15, 0.2) is 0 Å². The number of carbonyl (C=O) groups is 2. The Balaban J connectivity index is 1.88. The fourth-order valence-electron chi connectivity index (χ4n) is 2.70. The van der Waals surface area contributed by atoms with Crippen molar-refractivity contribution in [2.45, 2.75) is 45.9 Å². The van der Waals surface area contributed by atoms with Gasteiger partial charge < -0.3 is 9.64 Å². The number of nitrogens with zero attached hydrogens (tertiary/aromatic N) is 4. The zero-order chi connectivity index (χ0) is 19.9. The lowest BCUT2D eigenvalue weighted by Crippen LogP contribution is -2.42. The van der Waals surface area contributed by atoms with Crippen molar-refractivity contribution < 1.29 is 14.3 Å². The summed E-state index contributed by atoms with van der Waals surface area (Å²) in [7, 11) is 0. The number of aromatic nitrogens is 3. The molecular weight excluding hydrogens is 391 g/mol. The lowest BCUT2D eigenvalue weighted by molar-refractivity contribution is -0.159. The highest BCUT2D eigenvalue weighted by molar-refractivity contribution is 6.33. The van der Waals surface area contributed by atoms with E-state index in [-0.39, 0.29) is 17.7 Å². The minimum Gasteiger partial charge on any atom is -0.458 e. The number of rotatable bonds is 3. The Morgan fingerprint density at radius 3 is 2.63 bits per heavy atom. The second-order valence-electron chi connectivity index (χ2n) is 7.20. The van der Waals surface area contributed by atoms with Gasteiger partial charge in [-0.3, -0.25) is 9.78 Å². The summed E-state index contributed by atoms with van der Waals surface area (Å²) in [6.07, 6.45) is 2.95. The third-order valence-corrected chi connectivity index (χ3v) is 4.44. The Bertz CT molecular complexity index is 927. The number of amides is 1. The van der Waals surface area contributed by atoms with Crippen LogP contribution in [-0.4, -0.2) is 43.4 Å². The van der Waals surface area contributed by atoms with Crippen molar-refractivity contribution in [3.05, 3.63) is 40.0 Å². The van der Waals surface area contributed by atoms with Gasteiger partial charge in [-0.05, 0) is 45.4 Å². The Labute approximate surface area is 166 Å². The first-order chi connectivity index (χ1) is 12.6. The summed E-state index contributed by atoms with van der Waals surface area (Å²) in [5, 5.41) is 0.340. The number of halogens is 2. The summed E-state index contributed by atoms with van der Waals surface area (Å²) in [6, 6.07) is 0.920. The molecular formula is C18H18Cl2N4O3. The standard InChI is InChI=1S/C18H18Cl2N4O3/c1-9(16(26)27-18(2,3)4)24-8-13-11(15(24)25)5-10(6-21-13)14-12(19)7-22-17(20)23-14/h5-7,9H,8H2,1-4H3. The smallest absolute Gasteiger partial charge is 0.329 e. The first-order valence-corrected chi connectivity index (χ1v) is 9.03. The number of pyridine rings is 1. The molecule has 3 heterocycles. The van der Waals surface area contributed by atoms with Crippen LogP contribution in [0.25, 0.3) is 11.3 Å². The summed E-state index contributed by atoms with van der Waals surface area (Å²) in [6.45, 7) is 7.21. The molecule has 0 aliphatic carbocycles. The van der Waals surface area contributed by atoms with Gasteiger partial charge in [-0.15, -0.1) is 0 Å². The first kappa shape index (κ1) is 19.5. The molecule has 3 rings (SSSR count). The van der Waals surface area contributed by atoms with Gasteiger partial charge in [-0.2, -0.15) is 0 Å². The topological polar surface area (TPSA) is 85.3 Å². The Hall–Kier alpha value is -2.25. The van der Waals surface area contributed by atoms with Crippen LogP contribution in [0.15, 0.2) is 18.5 Å². The van der Waals surface area contributed by atoms with Crippen molar-refractivity contribution in [3.8, 4) is 11.3 Å². The molecule has 9 heteroatoms. The summed E-state index contributed by atoms with van der Waals surface area (Å²) in [5.41, 5.74) is 1.28. The van der Waals surface area contributed by atoms with E-state index in [4.69, 9.17) is 27.9 Å². The summed E-state index contributed by atoms with van der Waals surface area (Å²) < 4.78 is 5.38. The van der Waals surface area contributed by atoms with Crippen LogP contribution < -0.4 is 0 Å². The zero-order valence-electron chi connectivity index (χ0n) is 15.3. The van der Waals surface area contributed by atoms with Gasteiger partial charge in [0.05, 0.1) is 34.7 Å². The molecule has 1 amide bonds. The van der Waals surface area contributed by atoms with Crippen LogP contribution in [0.1, 0.15) is 43.7 Å². The Kier molecular flexibility index (Phi) is 5.10. The molecule has 2 aromatic heterocycles.